The first kappa shape index (κ1) is 15.0. The summed E-state index contributed by atoms with van der Waals surface area (Å²) in [7, 11) is 0.970. The molecular formula is C8H4ClF3N2O5. The number of alkyl halides is 3. The van der Waals surface area contributed by atoms with Gasteiger partial charge in [0.1, 0.15) is 0 Å². The number of pyridine rings is 1. The highest BCUT2D eigenvalue weighted by Gasteiger charge is 2.34. The highest BCUT2D eigenvalue weighted by molar-refractivity contribution is 6.67. The molecule has 0 saturated heterocycles. The Morgan fingerprint density at radius 1 is 1.53 bits per heavy atom. The van der Waals surface area contributed by atoms with Gasteiger partial charge in [-0.3, -0.25) is 14.9 Å². The van der Waals surface area contributed by atoms with Gasteiger partial charge in [0.2, 0.25) is 11.6 Å². The van der Waals surface area contributed by atoms with E-state index in [1.165, 1.54) is 0 Å². The zero-order chi connectivity index (χ0) is 14.8. The number of carbonyl (C=O) groups is 1. The number of hydrogen-bond donors (Lipinski definition) is 0. The predicted octanol–water partition coefficient (Wildman–Crippen LogP) is 2.28. The number of rotatable bonds is 4. The first-order valence-corrected chi connectivity index (χ1v) is 4.72. The van der Waals surface area contributed by atoms with Gasteiger partial charge < -0.3 is 9.47 Å². The number of methoxy groups -OCH3 is 1. The van der Waals surface area contributed by atoms with Crippen molar-refractivity contribution >= 4 is 22.5 Å². The fourth-order valence-corrected chi connectivity index (χ4v) is 1.27. The molecule has 0 atom stereocenters. The van der Waals surface area contributed by atoms with Gasteiger partial charge in [0.05, 0.1) is 18.1 Å². The molecule has 1 aromatic rings. The maximum atomic E-state index is 12.0. The molecular weight excluding hydrogens is 297 g/mol. The minimum absolute atomic E-state index is 0.371. The number of aromatic nitrogens is 1. The maximum Gasteiger partial charge on any atom is 0.574 e. The van der Waals surface area contributed by atoms with Crippen LogP contribution in [0.5, 0.6) is 11.6 Å². The molecule has 0 fully saturated rings. The lowest BCUT2D eigenvalue weighted by atomic mass is 10.3. The molecule has 1 rings (SSSR count). The molecule has 0 aromatic carbocycles. The van der Waals surface area contributed by atoms with Crippen molar-refractivity contribution < 1.29 is 32.4 Å². The molecule has 0 saturated carbocycles. The van der Waals surface area contributed by atoms with Gasteiger partial charge in [-0.15, -0.1) is 13.2 Å². The minimum atomic E-state index is -5.12. The fraction of sp³-hybridized carbons (Fsp3) is 0.250. The molecule has 7 nitrogen and oxygen atoms in total. The lowest BCUT2D eigenvalue weighted by molar-refractivity contribution is -0.386. The van der Waals surface area contributed by atoms with E-state index in [1.807, 2.05) is 0 Å². The first-order valence-electron chi connectivity index (χ1n) is 4.34. The van der Waals surface area contributed by atoms with Crippen LogP contribution in [0, 0.1) is 10.1 Å². The first-order chi connectivity index (χ1) is 8.65. The molecule has 0 aliphatic heterocycles. The van der Waals surface area contributed by atoms with Gasteiger partial charge in [-0.25, -0.2) is 4.98 Å². The predicted molar refractivity (Wildman–Crippen MR) is 54.3 cm³/mol. The second-order valence-electron chi connectivity index (χ2n) is 2.94. The van der Waals surface area contributed by atoms with Gasteiger partial charge in [-0.2, -0.15) is 0 Å². The van der Waals surface area contributed by atoms with E-state index in [4.69, 9.17) is 11.6 Å². The highest BCUT2D eigenvalue weighted by atomic mass is 35.5. The second kappa shape index (κ2) is 5.26. The van der Waals surface area contributed by atoms with E-state index >= 15 is 0 Å². The average Bonchev–Trinajstić information content (AvgIpc) is 2.25. The SMILES string of the molecule is COc1c([N+](=O)[O-])cc(OC(F)(F)F)nc1C(=O)Cl. The van der Waals surface area contributed by atoms with Crippen LogP contribution in [-0.2, 0) is 0 Å². The van der Waals surface area contributed by atoms with E-state index in [1.54, 1.807) is 0 Å². The summed E-state index contributed by atoms with van der Waals surface area (Å²) >= 11 is 5.07. The van der Waals surface area contributed by atoms with Gasteiger partial charge in [-0.1, -0.05) is 0 Å². The van der Waals surface area contributed by atoms with Crippen LogP contribution in [0.3, 0.4) is 0 Å². The van der Waals surface area contributed by atoms with Crippen molar-refractivity contribution in [3.8, 4) is 11.6 Å². The summed E-state index contributed by atoms with van der Waals surface area (Å²) in [6.45, 7) is 0. The zero-order valence-electron chi connectivity index (χ0n) is 9.02. The summed E-state index contributed by atoms with van der Waals surface area (Å²) in [5.41, 5.74) is -1.78. The van der Waals surface area contributed by atoms with Crippen molar-refractivity contribution in [2.75, 3.05) is 7.11 Å². The molecule has 1 heterocycles. The summed E-state index contributed by atoms with van der Waals surface area (Å²) in [6, 6.07) is 0.371. The Bertz CT molecular complexity index is 499. The van der Waals surface area contributed by atoms with Crippen LogP contribution in [0.1, 0.15) is 10.5 Å². The lowest BCUT2D eigenvalue weighted by Crippen LogP contribution is -2.19. The largest absolute Gasteiger partial charge is 0.574 e. The molecule has 19 heavy (non-hydrogen) atoms. The van der Waals surface area contributed by atoms with Crippen molar-refractivity contribution in [1.29, 1.82) is 0 Å². The van der Waals surface area contributed by atoms with Crippen molar-refractivity contribution in [3.05, 3.63) is 21.9 Å². The van der Waals surface area contributed by atoms with Crippen molar-refractivity contribution in [2.45, 2.75) is 6.36 Å². The van der Waals surface area contributed by atoms with E-state index in [9.17, 15) is 28.1 Å². The van der Waals surface area contributed by atoms with E-state index in [0.717, 1.165) is 7.11 Å². The molecule has 0 N–H and O–H groups in total. The van der Waals surface area contributed by atoms with Crippen LogP contribution in [0.15, 0.2) is 6.07 Å². The van der Waals surface area contributed by atoms with E-state index in [-0.39, 0.29) is 0 Å². The Morgan fingerprint density at radius 2 is 2.11 bits per heavy atom. The standard InChI is InChI=1S/C8H4ClF3N2O5/c1-18-6-3(14(16)17)2-4(19-8(10,11)12)13-5(6)7(9)15/h2H,1H3. The van der Waals surface area contributed by atoms with Gasteiger partial charge >= 0.3 is 12.0 Å². The Hall–Kier alpha value is -2.10. The summed E-state index contributed by atoms with van der Waals surface area (Å²) in [4.78, 5) is 23.7. The highest BCUT2D eigenvalue weighted by Crippen LogP contribution is 2.35. The van der Waals surface area contributed by atoms with Crippen LogP contribution in [0.2, 0.25) is 0 Å². The van der Waals surface area contributed by atoms with Crippen LogP contribution >= 0.6 is 11.6 Å². The maximum absolute atomic E-state index is 12.0. The molecule has 0 aliphatic rings. The fourth-order valence-electron chi connectivity index (χ4n) is 1.14. The molecule has 0 spiro atoms. The molecule has 0 amide bonds. The van der Waals surface area contributed by atoms with Crippen LogP contribution < -0.4 is 9.47 Å². The van der Waals surface area contributed by atoms with Crippen molar-refractivity contribution in [2.24, 2.45) is 0 Å². The number of carbonyl (C=O) groups excluding carboxylic acids is 1. The molecule has 104 valence electrons. The normalized spacial score (nSPS) is 11.0. The molecule has 0 unspecified atom stereocenters. The summed E-state index contributed by atoms with van der Waals surface area (Å²) in [5, 5.41) is 9.35. The topological polar surface area (TPSA) is 91.6 Å². The quantitative estimate of drug-likeness (QED) is 0.481. The number of halogens is 4. The zero-order valence-corrected chi connectivity index (χ0v) is 9.78. The summed E-state index contributed by atoms with van der Waals surface area (Å²) in [6.07, 6.45) is -5.12. The third kappa shape index (κ3) is 3.68. The second-order valence-corrected chi connectivity index (χ2v) is 3.28. The van der Waals surface area contributed by atoms with Crippen LogP contribution in [0.4, 0.5) is 18.9 Å². The number of ether oxygens (including phenoxy) is 2. The number of nitrogens with zero attached hydrogens (tertiary/aromatic N) is 2. The van der Waals surface area contributed by atoms with E-state index < -0.39 is 39.5 Å². The van der Waals surface area contributed by atoms with Crippen LogP contribution in [-0.4, -0.2) is 28.6 Å². The van der Waals surface area contributed by atoms with Gasteiger partial charge in [0.15, 0.2) is 5.69 Å². The average molecular weight is 301 g/mol. The smallest absolute Gasteiger partial charge is 0.489 e. The Kier molecular flexibility index (Phi) is 4.14. The van der Waals surface area contributed by atoms with Crippen LogP contribution in [0.25, 0.3) is 0 Å². The summed E-state index contributed by atoms with van der Waals surface area (Å²) < 4.78 is 44.0. The Labute approximate surface area is 108 Å². The third-order valence-electron chi connectivity index (χ3n) is 1.74. The monoisotopic (exact) mass is 300 g/mol. The molecule has 1 aromatic heterocycles. The Morgan fingerprint density at radius 3 is 2.47 bits per heavy atom. The van der Waals surface area contributed by atoms with E-state index in [0.29, 0.717) is 6.07 Å². The van der Waals surface area contributed by atoms with Crippen molar-refractivity contribution in [3.63, 3.8) is 0 Å². The van der Waals surface area contributed by atoms with Gasteiger partial charge in [-0.05, 0) is 11.6 Å². The minimum Gasteiger partial charge on any atom is -0.489 e. The lowest BCUT2D eigenvalue weighted by Gasteiger charge is -2.10. The molecule has 0 radical (unpaired) electrons. The van der Waals surface area contributed by atoms with Gasteiger partial charge in [0, 0.05) is 0 Å². The molecule has 0 bridgehead atoms. The summed E-state index contributed by atoms with van der Waals surface area (Å²) in [5.74, 6) is -1.84. The van der Waals surface area contributed by atoms with Gasteiger partial charge in [0.25, 0.3) is 5.24 Å². The molecule has 11 heteroatoms. The van der Waals surface area contributed by atoms with Crippen molar-refractivity contribution in [1.82, 2.24) is 4.98 Å². The van der Waals surface area contributed by atoms with E-state index in [2.05, 4.69) is 14.5 Å². The third-order valence-corrected chi connectivity index (χ3v) is 1.92. The molecule has 0 aliphatic carbocycles. The number of hydrogen-bond acceptors (Lipinski definition) is 6. The number of nitro groups is 1. The Balaban J connectivity index is 3.45.